The Balaban J connectivity index is 2.45. The molecule has 122 valence electrons. The normalized spacial score (nSPS) is 10.9. The van der Waals surface area contributed by atoms with E-state index in [1.54, 1.807) is 24.3 Å². The summed E-state index contributed by atoms with van der Waals surface area (Å²) >= 11 is 0. The number of methoxy groups -OCH3 is 1. The SMILES string of the molecule is COc1ccc(S(=O)(=O)N(C)c2ccccc2)cc1NC(C)=O. The van der Waals surface area contributed by atoms with Crippen LogP contribution in [-0.4, -0.2) is 28.5 Å². The van der Waals surface area contributed by atoms with Crippen molar-refractivity contribution in [3.05, 3.63) is 48.5 Å². The number of amides is 1. The Kier molecular flexibility index (Phi) is 4.90. The molecule has 2 rings (SSSR count). The number of carbonyl (C=O) groups excluding carboxylic acids is 1. The summed E-state index contributed by atoms with van der Waals surface area (Å²) in [5.41, 5.74) is 0.854. The average Bonchev–Trinajstić information content (AvgIpc) is 2.54. The molecule has 1 amide bonds. The molecule has 0 fully saturated rings. The lowest BCUT2D eigenvalue weighted by Gasteiger charge is -2.20. The van der Waals surface area contributed by atoms with E-state index in [-0.39, 0.29) is 10.8 Å². The van der Waals surface area contributed by atoms with Crippen molar-refractivity contribution in [3.63, 3.8) is 0 Å². The van der Waals surface area contributed by atoms with Crippen molar-refractivity contribution in [3.8, 4) is 5.75 Å². The van der Waals surface area contributed by atoms with E-state index in [2.05, 4.69) is 5.32 Å². The van der Waals surface area contributed by atoms with Gasteiger partial charge in [-0.3, -0.25) is 9.10 Å². The Labute approximate surface area is 135 Å². The van der Waals surface area contributed by atoms with Crippen LogP contribution in [-0.2, 0) is 14.8 Å². The van der Waals surface area contributed by atoms with Crippen LogP contribution in [0.15, 0.2) is 53.4 Å². The molecule has 0 unspecified atom stereocenters. The third kappa shape index (κ3) is 3.62. The Hall–Kier alpha value is -2.54. The molecule has 23 heavy (non-hydrogen) atoms. The van der Waals surface area contributed by atoms with Crippen molar-refractivity contribution in [2.75, 3.05) is 23.8 Å². The molecule has 0 saturated carbocycles. The first-order valence-corrected chi connectivity index (χ1v) is 8.30. The van der Waals surface area contributed by atoms with Crippen molar-refractivity contribution in [1.82, 2.24) is 0 Å². The van der Waals surface area contributed by atoms with E-state index in [0.29, 0.717) is 17.1 Å². The molecule has 6 nitrogen and oxygen atoms in total. The van der Waals surface area contributed by atoms with Gasteiger partial charge in [0.1, 0.15) is 5.75 Å². The van der Waals surface area contributed by atoms with Gasteiger partial charge in [-0.05, 0) is 30.3 Å². The number of nitrogens with one attached hydrogen (secondary N) is 1. The molecule has 0 atom stereocenters. The minimum absolute atomic E-state index is 0.0633. The summed E-state index contributed by atoms with van der Waals surface area (Å²) in [7, 11) is -0.820. The highest BCUT2D eigenvalue weighted by atomic mass is 32.2. The molecule has 0 radical (unpaired) electrons. The second-order valence-electron chi connectivity index (χ2n) is 4.85. The number of hydrogen-bond donors (Lipinski definition) is 1. The van der Waals surface area contributed by atoms with Gasteiger partial charge in [-0.15, -0.1) is 0 Å². The van der Waals surface area contributed by atoms with Gasteiger partial charge in [0.25, 0.3) is 10.0 Å². The quantitative estimate of drug-likeness (QED) is 0.911. The molecule has 0 bridgehead atoms. The van der Waals surface area contributed by atoms with Crippen LogP contribution < -0.4 is 14.4 Å². The predicted octanol–water partition coefficient (Wildman–Crippen LogP) is 2.48. The Morgan fingerprint density at radius 2 is 1.78 bits per heavy atom. The summed E-state index contributed by atoms with van der Waals surface area (Å²) in [5, 5.41) is 2.57. The van der Waals surface area contributed by atoms with E-state index in [0.717, 1.165) is 0 Å². The smallest absolute Gasteiger partial charge is 0.264 e. The van der Waals surface area contributed by atoms with Gasteiger partial charge in [-0.2, -0.15) is 0 Å². The first kappa shape index (κ1) is 16.8. The third-order valence-electron chi connectivity index (χ3n) is 3.26. The maximum Gasteiger partial charge on any atom is 0.264 e. The standard InChI is InChI=1S/C16H18N2O4S/c1-12(19)17-15-11-14(9-10-16(15)22-3)23(20,21)18(2)13-7-5-4-6-8-13/h4-11H,1-3H3,(H,17,19). The minimum Gasteiger partial charge on any atom is -0.495 e. The highest BCUT2D eigenvalue weighted by Crippen LogP contribution is 2.30. The molecule has 0 aliphatic carbocycles. The molecule has 0 saturated heterocycles. The monoisotopic (exact) mass is 334 g/mol. The number of nitrogens with zero attached hydrogens (tertiary/aromatic N) is 1. The van der Waals surface area contributed by atoms with Crippen LogP contribution in [0.1, 0.15) is 6.92 Å². The highest BCUT2D eigenvalue weighted by molar-refractivity contribution is 7.92. The van der Waals surface area contributed by atoms with Gasteiger partial charge in [0.2, 0.25) is 5.91 Å². The van der Waals surface area contributed by atoms with Gasteiger partial charge in [0.15, 0.2) is 0 Å². The van der Waals surface area contributed by atoms with Crippen LogP contribution in [0.3, 0.4) is 0 Å². The Morgan fingerprint density at radius 1 is 1.13 bits per heavy atom. The lowest BCUT2D eigenvalue weighted by Crippen LogP contribution is -2.26. The van der Waals surface area contributed by atoms with E-state index in [1.807, 2.05) is 6.07 Å². The molecule has 0 heterocycles. The van der Waals surface area contributed by atoms with E-state index in [9.17, 15) is 13.2 Å². The van der Waals surface area contributed by atoms with Gasteiger partial charge in [0.05, 0.1) is 23.4 Å². The zero-order chi connectivity index (χ0) is 17.0. The summed E-state index contributed by atoms with van der Waals surface area (Å²) in [6, 6.07) is 13.1. The lowest BCUT2D eigenvalue weighted by atomic mass is 10.3. The van der Waals surface area contributed by atoms with Crippen molar-refractivity contribution in [2.24, 2.45) is 0 Å². The summed E-state index contributed by atoms with van der Waals surface area (Å²) in [5.74, 6) is 0.0794. The van der Waals surface area contributed by atoms with Gasteiger partial charge in [-0.25, -0.2) is 8.42 Å². The zero-order valence-electron chi connectivity index (χ0n) is 13.1. The van der Waals surface area contributed by atoms with Crippen LogP contribution in [0.5, 0.6) is 5.75 Å². The van der Waals surface area contributed by atoms with Crippen LogP contribution in [0.25, 0.3) is 0 Å². The van der Waals surface area contributed by atoms with E-state index in [4.69, 9.17) is 4.74 Å². The molecule has 0 aliphatic rings. The number of ether oxygens (including phenoxy) is 1. The molecule has 0 aromatic heterocycles. The molecule has 2 aromatic carbocycles. The fourth-order valence-electron chi connectivity index (χ4n) is 2.07. The summed E-state index contributed by atoms with van der Waals surface area (Å²) in [4.78, 5) is 11.3. The Bertz CT molecular complexity index is 804. The van der Waals surface area contributed by atoms with Crippen LogP contribution in [0.4, 0.5) is 11.4 Å². The summed E-state index contributed by atoms with van der Waals surface area (Å²) in [6.45, 7) is 1.34. The summed E-state index contributed by atoms with van der Waals surface area (Å²) in [6.07, 6.45) is 0. The number of rotatable bonds is 5. The topological polar surface area (TPSA) is 75.7 Å². The van der Waals surface area contributed by atoms with E-state index in [1.165, 1.54) is 43.6 Å². The van der Waals surface area contributed by atoms with Crippen molar-refractivity contribution >= 4 is 27.3 Å². The average molecular weight is 334 g/mol. The molecular weight excluding hydrogens is 316 g/mol. The number of anilines is 2. The molecule has 0 aliphatic heterocycles. The third-order valence-corrected chi connectivity index (χ3v) is 5.04. The number of hydrogen-bond acceptors (Lipinski definition) is 4. The molecule has 1 N–H and O–H groups in total. The van der Waals surface area contributed by atoms with Crippen molar-refractivity contribution in [2.45, 2.75) is 11.8 Å². The number of para-hydroxylation sites is 1. The predicted molar refractivity (Wildman–Crippen MR) is 89.3 cm³/mol. The van der Waals surface area contributed by atoms with Crippen LogP contribution >= 0.6 is 0 Å². The van der Waals surface area contributed by atoms with Crippen molar-refractivity contribution < 1.29 is 17.9 Å². The minimum atomic E-state index is -3.75. The fraction of sp³-hybridized carbons (Fsp3) is 0.188. The number of sulfonamides is 1. The van der Waals surface area contributed by atoms with Gasteiger partial charge in [-0.1, -0.05) is 18.2 Å². The molecular formula is C16H18N2O4S. The van der Waals surface area contributed by atoms with Gasteiger partial charge < -0.3 is 10.1 Å². The molecule has 7 heteroatoms. The van der Waals surface area contributed by atoms with E-state index < -0.39 is 10.0 Å². The zero-order valence-corrected chi connectivity index (χ0v) is 13.9. The lowest BCUT2D eigenvalue weighted by molar-refractivity contribution is -0.114. The maximum atomic E-state index is 12.7. The second kappa shape index (κ2) is 6.70. The van der Waals surface area contributed by atoms with Crippen LogP contribution in [0.2, 0.25) is 0 Å². The van der Waals surface area contributed by atoms with E-state index >= 15 is 0 Å². The molecule has 0 spiro atoms. The first-order valence-electron chi connectivity index (χ1n) is 6.86. The van der Waals surface area contributed by atoms with Gasteiger partial charge >= 0.3 is 0 Å². The van der Waals surface area contributed by atoms with Crippen LogP contribution in [0, 0.1) is 0 Å². The fourth-order valence-corrected chi connectivity index (χ4v) is 3.29. The summed E-state index contributed by atoms with van der Waals surface area (Å²) < 4.78 is 31.8. The Morgan fingerprint density at radius 3 is 2.35 bits per heavy atom. The highest BCUT2D eigenvalue weighted by Gasteiger charge is 2.22. The second-order valence-corrected chi connectivity index (χ2v) is 6.82. The maximum absolute atomic E-state index is 12.7. The number of benzene rings is 2. The number of carbonyl (C=O) groups is 1. The van der Waals surface area contributed by atoms with Crippen molar-refractivity contribution in [1.29, 1.82) is 0 Å². The first-order chi connectivity index (χ1) is 10.9. The largest absolute Gasteiger partial charge is 0.495 e. The van der Waals surface area contributed by atoms with Gasteiger partial charge in [0, 0.05) is 14.0 Å². The molecule has 2 aromatic rings.